The van der Waals surface area contributed by atoms with E-state index in [1.807, 2.05) is 0 Å². The van der Waals surface area contributed by atoms with Gasteiger partial charge >= 0.3 is 0 Å². The first kappa shape index (κ1) is 14.1. The number of amides is 1. The Balaban J connectivity index is 2.32. The molecule has 2 aromatic heterocycles. The van der Waals surface area contributed by atoms with Gasteiger partial charge in [0, 0.05) is 12.4 Å². The fraction of sp³-hybridized carbons (Fsp3) is 0.0833. The molecule has 0 aliphatic heterocycles. The van der Waals surface area contributed by atoms with Gasteiger partial charge in [0.15, 0.2) is 5.15 Å². The molecule has 0 aliphatic carbocycles. The van der Waals surface area contributed by atoms with Crippen molar-refractivity contribution in [3.63, 3.8) is 0 Å². The van der Waals surface area contributed by atoms with Crippen LogP contribution in [0.2, 0.25) is 15.3 Å². The van der Waals surface area contributed by atoms with Crippen LogP contribution in [-0.2, 0) is 0 Å². The van der Waals surface area contributed by atoms with Crippen molar-refractivity contribution < 1.29 is 4.79 Å². The minimum Gasteiger partial charge on any atom is -0.319 e. The van der Waals surface area contributed by atoms with Crippen LogP contribution in [0.3, 0.4) is 0 Å². The molecule has 1 amide bonds. The van der Waals surface area contributed by atoms with E-state index in [4.69, 9.17) is 34.8 Å². The number of carbonyl (C=O) groups is 1. The maximum atomic E-state index is 12.1. The van der Waals surface area contributed by atoms with Crippen molar-refractivity contribution in [2.24, 2.45) is 0 Å². The Labute approximate surface area is 124 Å². The van der Waals surface area contributed by atoms with Gasteiger partial charge in [-0.1, -0.05) is 34.8 Å². The average molecular weight is 317 g/mol. The van der Waals surface area contributed by atoms with Gasteiger partial charge in [-0.2, -0.15) is 0 Å². The number of aryl methyl sites for hydroxylation is 1. The van der Waals surface area contributed by atoms with Crippen LogP contribution >= 0.6 is 34.8 Å². The number of anilines is 1. The summed E-state index contributed by atoms with van der Waals surface area (Å²) in [6, 6.07) is 3.14. The van der Waals surface area contributed by atoms with Crippen molar-refractivity contribution in [1.29, 1.82) is 0 Å². The van der Waals surface area contributed by atoms with Gasteiger partial charge in [-0.3, -0.25) is 9.78 Å². The van der Waals surface area contributed by atoms with Crippen molar-refractivity contribution in [3.8, 4) is 0 Å². The lowest BCUT2D eigenvalue weighted by Gasteiger charge is -2.10. The third-order valence-electron chi connectivity index (χ3n) is 2.39. The van der Waals surface area contributed by atoms with Crippen LogP contribution < -0.4 is 5.32 Å². The van der Waals surface area contributed by atoms with Crippen LogP contribution in [0.4, 0.5) is 5.69 Å². The highest BCUT2D eigenvalue weighted by Gasteiger charge is 2.15. The monoisotopic (exact) mass is 315 g/mol. The topological polar surface area (TPSA) is 54.9 Å². The Hall–Kier alpha value is -1.36. The Kier molecular flexibility index (Phi) is 4.24. The molecule has 0 saturated heterocycles. The summed E-state index contributed by atoms with van der Waals surface area (Å²) < 4.78 is 0. The molecule has 4 nitrogen and oxygen atoms in total. The summed E-state index contributed by atoms with van der Waals surface area (Å²) in [5.74, 6) is -0.410. The number of aromatic nitrogens is 2. The smallest absolute Gasteiger partial charge is 0.258 e. The van der Waals surface area contributed by atoms with E-state index >= 15 is 0 Å². The maximum absolute atomic E-state index is 12.1. The van der Waals surface area contributed by atoms with E-state index < -0.39 is 5.91 Å². The first-order valence-electron chi connectivity index (χ1n) is 5.22. The standard InChI is InChI=1S/C12H8Cl3N3O/c1-6-4-9(14)17-11(15)10(6)18-12(19)7-5-16-3-2-8(7)13/h2-5H,1H3,(H,18,19). The predicted molar refractivity (Wildman–Crippen MR) is 76.2 cm³/mol. The lowest BCUT2D eigenvalue weighted by atomic mass is 10.2. The quantitative estimate of drug-likeness (QED) is 0.852. The molecular formula is C12H8Cl3N3O. The zero-order valence-electron chi connectivity index (χ0n) is 9.75. The van der Waals surface area contributed by atoms with Crippen LogP contribution in [0, 0.1) is 6.92 Å². The normalized spacial score (nSPS) is 10.3. The average Bonchev–Trinajstić information content (AvgIpc) is 2.34. The van der Waals surface area contributed by atoms with Crippen molar-refractivity contribution in [2.75, 3.05) is 5.32 Å². The minimum absolute atomic E-state index is 0.123. The summed E-state index contributed by atoms with van der Waals surface area (Å²) in [4.78, 5) is 19.8. The predicted octanol–water partition coefficient (Wildman–Crippen LogP) is 4.00. The van der Waals surface area contributed by atoms with Gasteiger partial charge in [-0.05, 0) is 24.6 Å². The second-order valence-electron chi connectivity index (χ2n) is 3.74. The second-order valence-corrected chi connectivity index (χ2v) is 4.89. The SMILES string of the molecule is Cc1cc(Cl)nc(Cl)c1NC(=O)c1cnccc1Cl. The summed E-state index contributed by atoms with van der Waals surface area (Å²) in [6.07, 6.45) is 2.88. The minimum atomic E-state index is -0.410. The molecule has 2 heterocycles. The Morgan fingerprint density at radius 3 is 2.68 bits per heavy atom. The highest BCUT2D eigenvalue weighted by molar-refractivity contribution is 6.36. The zero-order chi connectivity index (χ0) is 14.0. The van der Waals surface area contributed by atoms with Gasteiger partial charge in [0.05, 0.1) is 16.3 Å². The van der Waals surface area contributed by atoms with Crippen LogP contribution in [0.15, 0.2) is 24.5 Å². The lowest BCUT2D eigenvalue weighted by Crippen LogP contribution is -2.14. The van der Waals surface area contributed by atoms with Crippen molar-refractivity contribution in [2.45, 2.75) is 6.92 Å². The largest absolute Gasteiger partial charge is 0.319 e. The fourth-order valence-corrected chi connectivity index (χ4v) is 2.24. The van der Waals surface area contributed by atoms with Crippen molar-refractivity contribution in [3.05, 3.63) is 51.0 Å². The summed E-state index contributed by atoms with van der Waals surface area (Å²) in [5, 5.41) is 3.34. The molecule has 0 spiro atoms. The zero-order valence-corrected chi connectivity index (χ0v) is 12.0. The van der Waals surface area contributed by atoms with E-state index in [1.165, 1.54) is 18.5 Å². The number of nitrogens with zero attached hydrogens (tertiary/aromatic N) is 2. The van der Waals surface area contributed by atoms with Crippen LogP contribution in [0.5, 0.6) is 0 Å². The number of hydrogen-bond donors (Lipinski definition) is 1. The molecule has 0 unspecified atom stereocenters. The Bertz CT molecular complexity index is 623. The van der Waals surface area contributed by atoms with Gasteiger partial charge in [0.25, 0.3) is 5.91 Å². The Morgan fingerprint density at radius 2 is 2.05 bits per heavy atom. The number of hydrogen-bond acceptors (Lipinski definition) is 3. The first-order chi connectivity index (χ1) is 8.99. The van der Waals surface area contributed by atoms with Crippen LogP contribution in [0.25, 0.3) is 0 Å². The number of rotatable bonds is 2. The van der Waals surface area contributed by atoms with Crippen molar-refractivity contribution >= 4 is 46.4 Å². The molecule has 2 rings (SSSR count). The molecule has 2 aromatic rings. The number of carbonyl (C=O) groups excluding carboxylic acids is 1. The van der Waals surface area contributed by atoms with E-state index in [2.05, 4.69) is 15.3 Å². The third-order valence-corrected chi connectivity index (χ3v) is 3.19. The number of nitrogens with one attached hydrogen (secondary N) is 1. The Morgan fingerprint density at radius 1 is 1.32 bits per heavy atom. The fourth-order valence-electron chi connectivity index (χ4n) is 1.47. The van der Waals surface area contributed by atoms with Gasteiger partial charge in [0.2, 0.25) is 0 Å². The maximum Gasteiger partial charge on any atom is 0.258 e. The second kappa shape index (κ2) is 5.74. The number of halogens is 3. The van der Waals surface area contributed by atoms with E-state index in [0.717, 1.165) is 0 Å². The highest BCUT2D eigenvalue weighted by Crippen LogP contribution is 2.27. The highest BCUT2D eigenvalue weighted by atomic mass is 35.5. The van der Waals surface area contributed by atoms with Crippen molar-refractivity contribution in [1.82, 2.24) is 9.97 Å². The van der Waals surface area contributed by atoms with E-state index in [1.54, 1.807) is 13.0 Å². The van der Waals surface area contributed by atoms with Crippen LogP contribution in [-0.4, -0.2) is 15.9 Å². The summed E-state index contributed by atoms with van der Waals surface area (Å²) in [6.45, 7) is 1.76. The molecular weight excluding hydrogens is 309 g/mol. The van der Waals surface area contributed by atoms with E-state index in [-0.39, 0.29) is 15.9 Å². The van der Waals surface area contributed by atoms with Gasteiger partial charge in [0.1, 0.15) is 5.15 Å². The summed E-state index contributed by atoms with van der Waals surface area (Å²) >= 11 is 17.6. The summed E-state index contributed by atoms with van der Waals surface area (Å²) in [5.41, 5.74) is 1.36. The van der Waals surface area contributed by atoms with Crippen LogP contribution in [0.1, 0.15) is 15.9 Å². The molecule has 0 fully saturated rings. The lowest BCUT2D eigenvalue weighted by molar-refractivity contribution is 0.102. The molecule has 0 saturated carbocycles. The third kappa shape index (κ3) is 3.15. The molecule has 98 valence electrons. The molecule has 19 heavy (non-hydrogen) atoms. The van der Waals surface area contributed by atoms with Gasteiger partial charge in [-0.15, -0.1) is 0 Å². The first-order valence-corrected chi connectivity index (χ1v) is 6.36. The van der Waals surface area contributed by atoms with E-state index in [0.29, 0.717) is 16.3 Å². The van der Waals surface area contributed by atoms with E-state index in [9.17, 15) is 4.79 Å². The van der Waals surface area contributed by atoms with Gasteiger partial charge in [-0.25, -0.2) is 4.98 Å². The molecule has 0 aliphatic rings. The number of pyridine rings is 2. The molecule has 7 heteroatoms. The van der Waals surface area contributed by atoms with Gasteiger partial charge < -0.3 is 5.32 Å². The summed E-state index contributed by atoms with van der Waals surface area (Å²) in [7, 11) is 0. The molecule has 0 radical (unpaired) electrons. The molecule has 0 bridgehead atoms. The molecule has 0 aromatic carbocycles. The molecule has 0 atom stereocenters. The molecule has 1 N–H and O–H groups in total.